The van der Waals surface area contributed by atoms with Crippen molar-refractivity contribution < 1.29 is 4.39 Å². The molecule has 2 aromatic carbocycles. The first-order valence-electron chi connectivity index (χ1n) is 5.75. The zero-order chi connectivity index (χ0) is 13.8. The molecule has 0 fully saturated rings. The van der Waals surface area contributed by atoms with Gasteiger partial charge in [0.1, 0.15) is 5.82 Å². The van der Waals surface area contributed by atoms with Crippen LogP contribution >= 0.6 is 31.9 Å². The lowest BCUT2D eigenvalue weighted by Crippen LogP contribution is -2.29. The van der Waals surface area contributed by atoms with Crippen LogP contribution in [0.3, 0.4) is 0 Å². The van der Waals surface area contributed by atoms with Gasteiger partial charge in [0, 0.05) is 4.47 Å². The highest BCUT2D eigenvalue weighted by molar-refractivity contribution is 9.10. The largest absolute Gasteiger partial charge is 0.271 e. The summed E-state index contributed by atoms with van der Waals surface area (Å²) in [6.07, 6.45) is 0.738. The third-order valence-electron chi connectivity index (χ3n) is 2.90. The number of nitrogens with one attached hydrogen (secondary N) is 1. The molecule has 0 amide bonds. The number of benzene rings is 2. The van der Waals surface area contributed by atoms with E-state index in [9.17, 15) is 4.39 Å². The predicted octanol–water partition coefficient (Wildman–Crippen LogP) is 4.10. The molecule has 100 valence electrons. The Morgan fingerprint density at radius 2 is 1.79 bits per heavy atom. The van der Waals surface area contributed by atoms with Gasteiger partial charge >= 0.3 is 0 Å². The maximum Gasteiger partial charge on any atom is 0.137 e. The third kappa shape index (κ3) is 3.86. The van der Waals surface area contributed by atoms with Crippen molar-refractivity contribution in [3.05, 3.63) is 68.4 Å². The van der Waals surface area contributed by atoms with E-state index >= 15 is 0 Å². The number of rotatable bonds is 4. The Hall–Kier alpha value is -0.750. The molecular weight excluding hydrogens is 375 g/mol. The quantitative estimate of drug-likeness (QED) is 0.612. The molecule has 0 saturated heterocycles. The van der Waals surface area contributed by atoms with Crippen LogP contribution < -0.4 is 11.3 Å². The van der Waals surface area contributed by atoms with E-state index in [1.165, 1.54) is 6.07 Å². The van der Waals surface area contributed by atoms with Gasteiger partial charge in [0.2, 0.25) is 0 Å². The summed E-state index contributed by atoms with van der Waals surface area (Å²) in [5, 5.41) is 0. The van der Waals surface area contributed by atoms with Crippen molar-refractivity contribution in [1.82, 2.24) is 5.43 Å². The van der Waals surface area contributed by atoms with Gasteiger partial charge in [0.25, 0.3) is 0 Å². The van der Waals surface area contributed by atoms with Gasteiger partial charge in [-0.15, -0.1) is 0 Å². The van der Waals surface area contributed by atoms with Crippen LogP contribution in [0.25, 0.3) is 0 Å². The van der Waals surface area contributed by atoms with Crippen molar-refractivity contribution in [1.29, 1.82) is 0 Å². The number of hydrazine groups is 1. The normalized spacial score (nSPS) is 12.4. The number of halogens is 3. The Kier molecular flexibility index (Phi) is 5.10. The average molecular weight is 388 g/mol. The second kappa shape index (κ2) is 6.61. The van der Waals surface area contributed by atoms with E-state index in [4.69, 9.17) is 5.84 Å². The summed E-state index contributed by atoms with van der Waals surface area (Å²) < 4.78 is 14.7. The molecular formula is C14H13Br2FN2. The molecule has 1 atom stereocenters. The van der Waals surface area contributed by atoms with E-state index in [0.29, 0.717) is 4.47 Å². The predicted molar refractivity (Wildman–Crippen MR) is 82.0 cm³/mol. The van der Waals surface area contributed by atoms with Crippen LogP contribution in [0.15, 0.2) is 51.4 Å². The van der Waals surface area contributed by atoms with Gasteiger partial charge in [0.05, 0.1) is 10.5 Å². The van der Waals surface area contributed by atoms with Crippen molar-refractivity contribution in [3.63, 3.8) is 0 Å². The summed E-state index contributed by atoms with van der Waals surface area (Å²) in [4.78, 5) is 0. The molecule has 0 radical (unpaired) electrons. The Labute approximate surface area is 128 Å². The van der Waals surface area contributed by atoms with Crippen LogP contribution in [0.1, 0.15) is 17.2 Å². The van der Waals surface area contributed by atoms with Crippen LogP contribution in [0.4, 0.5) is 4.39 Å². The summed E-state index contributed by atoms with van der Waals surface area (Å²) in [5.74, 6) is 5.33. The maximum atomic E-state index is 13.2. The molecule has 0 heterocycles. The fraction of sp³-hybridized carbons (Fsp3) is 0.143. The summed E-state index contributed by atoms with van der Waals surface area (Å²) in [5.41, 5.74) is 4.88. The van der Waals surface area contributed by atoms with E-state index < -0.39 is 0 Å². The van der Waals surface area contributed by atoms with E-state index in [-0.39, 0.29) is 11.9 Å². The SMILES string of the molecule is NNC(Cc1ccc(Br)cc1)c1ccc(F)c(Br)c1. The zero-order valence-corrected chi connectivity index (χ0v) is 13.2. The maximum absolute atomic E-state index is 13.2. The minimum Gasteiger partial charge on any atom is -0.271 e. The van der Waals surface area contributed by atoms with Crippen molar-refractivity contribution in [3.8, 4) is 0 Å². The van der Waals surface area contributed by atoms with Gasteiger partial charge in [-0.1, -0.05) is 34.1 Å². The summed E-state index contributed by atoms with van der Waals surface area (Å²) in [6.45, 7) is 0. The Morgan fingerprint density at radius 1 is 1.11 bits per heavy atom. The van der Waals surface area contributed by atoms with E-state index in [1.54, 1.807) is 12.1 Å². The fourth-order valence-corrected chi connectivity index (χ4v) is 2.52. The van der Waals surface area contributed by atoms with E-state index in [1.807, 2.05) is 24.3 Å². The van der Waals surface area contributed by atoms with Crippen LogP contribution in [-0.4, -0.2) is 0 Å². The first-order valence-corrected chi connectivity index (χ1v) is 7.34. The minimum absolute atomic E-state index is 0.0573. The standard InChI is InChI=1S/C14H13Br2FN2/c15-11-4-1-9(2-5-11)7-14(19-18)10-3-6-13(17)12(16)8-10/h1-6,8,14,19H,7,18H2. The van der Waals surface area contributed by atoms with E-state index in [0.717, 1.165) is 22.0 Å². The number of hydrogen-bond donors (Lipinski definition) is 2. The van der Waals surface area contributed by atoms with Gasteiger partial charge in [-0.3, -0.25) is 11.3 Å². The topological polar surface area (TPSA) is 38.0 Å². The van der Waals surface area contributed by atoms with Gasteiger partial charge in [-0.05, 0) is 57.7 Å². The molecule has 2 nitrogen and oxygen atoms in total. The molecule has 0 aliphatic carbocycles. The summed E-state index contributed by atoms with van der Waals surface area (Å²) in [6, 6.07) is 12.9. The average Bonchev–Trinajstić information content (AvgIpc) is 2.41. The lowest BCUT2D eigenvalue weighted by molar-refractivity contribution is 0.548. The molecule has 0 aliphatic heterocycles. The van der Waals surface area contributed by atoms with E-state index in [2.05, 4.69) is 37.3 Å². The molecule has 19 heavy (non-hydrogen) atoms. The number of nitrogens with two attached hydrogens (primary N) is 1. The first kappa shape index (κ1) is 14.7. The molecule has 0 aliphatic rings. The minimum atomic E-state index is -0.275. The monoisotopic (exact) mass is 386 g/mol. The van der Waals surface area contributed by atoms with Crippen molar-refractivity contribution in [2.24, 2.45) is 5.84 Å². The highest BCUT2D eigenvalue weighted by atomic mass is 79.9. The molecule has 0 spiro atoms. The third-order valence-corrected chi connectivity index (χ3v) is 4.04. The smallest absolute Gasteiger partial charge is 0.137 e. The highest BCUT2D eigenvalue weighted by Gasteiger charge is 2.12. The molecule has 1 unspecified atom stereocenters. The van der Waals surface area contributed by atoms with Gasteiger partial charge < -0.3 is 0 Å². The van der Waals surface area contributed by atoms with Gasteiger partial charge in [0.15, 0.2) is 0 Å². The molecule has 2 aromatic rings. The molecule has 0 aromatic heterocycles. The Balaban J connectivity index is 2.19. The van der Waals surface area contributed by atoms with Crippen LogP contribution in [-0.2, 0) is 6.42 Å². The number of hydrogen-bond acceptors (Lipinski definition) is 2. The second-order valence-corrected chi connectivity index (χ2v) is 5.99. The second-order valence-electron chi connectivity index (χ2n) is 4.22. The van der Waals surface area contributed by atoms with Gasteiger partial charge in [-0.25, -0.2) is 4.39 Å². The molecule has 3 N–H and O–H groups in total. The fourth-order valence-electron chi connectivity index (χ4n) is 1.86. The highest BCUT2D eigenvalue weighted by Crippen LogP contribution is 2.24. The molecule has 2 rings (SSSR count). The van der Waals surface area contributed by atoms with Gasteiger partial charge in [-0.2, -0.15) is 0 Å². The Bertz CT molecular complexity index is 558. The van der Waals surface area contributed by atoms with Crippen LogP contribution in [0, 0.1) is 5.82 Å². The molecule has 0 saturated carbocycles. The van der Waals surface area contributed by atoms with Crippen molar-refractivity contribution in [2.45, 2.75) is 12.5 Å². The Morgan fingerprint density at radius 3 is 2.37 bits per heavy atom. The van der Waals surface area contributed by atoms with Crippen molar-refractivity contribution in [2.75, 3.05) is 0 Å². The van der Waals surface area contributed by atoms with Crippen LogP contribution in [0.2, 0.25) is 0 Å². The lowest BCUT2D eigenvalue weighted by Gasteiger charge is -2.17. The molecule has 5 heteroatoms. The lowest BCUT2D eigenvalue weighted by atomic mass is 9.99. The summed E-state index contributed by atoms with van der Waals surface area (Å²) >= 11 is 6.59. The van der Waals surface area contributed by atoms with Crippen molar-refractivity contribution >= 4 is 31.9 Å². The summed E-state index contributed by atoms with van der Waals surface area (Å²) in [7, 11) is 0. The zero-order valence-electron chi connectivity index (χ0n) is 10.0. The van der Waals surface area contributed by atoms with Crippen LogP contribution in [0.5, 0.6) is 0 Å². The molecule has 0 bridgehead atoms. The first-order chi connectivity index (χ1) is 9.10.